The van der Waals surface area contributed by atoms with Crippen LogP contribution < -0.4 is 10.1 Å². The molecule has 1 aromatic rings. The number of piperazine rings is 1. The fourth-order valence-corrected chi connectivity index (χ4v) is 3.33. The molecule has 1 unspecified atom stereocenters. The molecule has 1 aromatic carbocycles. The minimum Gasteiger partial charge on any atom is -0.492 e. The molecule has 0 aromatic heterocycles. The van der Waals surface area contributed by atoms with Gasteiger partial charge < -0.3 is 10.1 Å². The Kier molecular flexibility index (Phi) is 5.36. The summed E-state index contributed by atoms with van der Waals surface area (Å²) in [7, 11) is 0. The van der Waals surface area contributed by atoms with Gasteiger partial charge in [0.05, 0.1) is 0 Å². The third-order valence-electron chi connectivity index (χ3n) is 4.43. The lowest BCUT2D eigenvalue weighted by Gasteiger charge is -2.37. The van der Waals surface area contributed by atoms with E-state index in [1.165, 1.54) is 26.1 Å². The van der Waals surface area contributed by atoms with Crippen LogP contribution in [-0.4, -0.2) is 68.3 Å². The fourth-order valence-electron chi connectivity index (χ4n) is 3.15. The van der Waals surface area contributed by atoms with Crippen molar-refractivity contribution in [3.8, 4) is 5.75 Å². The second-order valence-corrected chi connectivity index (χ2v) is 6.27. The Labute approximate surface area is 132 Å². The maximum absolute atomic E-state index is 5.95. The van der Waals surface area contributed by atoms with Crippen LogP contribution >= 0.6 is 11.6 Å². The van der Waals surface area contributed by atoms with Crippen LogP contribution in [0.1, 0.15) is 6.42 Å². The molecule has 0 spiro atoms. The van der Waals surface area contributed by atoms with Crippen LogP contribution in [-0.2, 0) is 0 Å². The molecule has 116 valence electrons. The molecule has 2 saturated heterocycles. The van der Waals surface area contributed by atoms with E-state index in [1.807, 2.05) is 24.3 Å². The molecule has 4 nitrogen and oxygen atoms in total. The van der Waals surface area contributed by atoms with Gasteiger partial charge in [-0.3, -0.25) is 9.80 Å². The Bertz CT molecular complexity index is 443. The van der Waals surface area contributed by atoms with E-state index >= 15 is 0 Å². The van der Waals surface area contributed by atoms with Crippen LogP contribution in [0.15, 0.2) is 24.3 Å². The zero-order valence-electron chi connectivity index (χ0n) is 12.4. The van der Waals surface area contributed by atoms with Gasteiger partial charge in [-0.15, -0.1) is 0 Å². The molecule has 21 heavy (non-hydrogen) atoms. The number of nitrogens with one attached hydrogen (secondary N) is 1. The maximum Gasteiger partial charge on any atom is 0.120 e. The quantitative estimate of drug-likeness (QED) is 0.896. The van der Waals surface area contributed by atoms with E-state index < -0.39 is 0 Å². The van der Waals surface area contributed by atoms with Crippen molar-refractivity contribution in [2.75, 3.05) is 52.4 Å². The van der Waals surface area contributed by atoms with Crippen LogP contribution in [0.4, 0.5) is 0 Å². The molecule has 2 aliphatic rings. The second-order valence-electron chi connectivity index (χ2n) is 5.83. The van der Waals surface area contributed by atoms with Crippen molar-refractivity contribution in [1.82, 2.24) is 15.1 Å². The summed E-state index contributed by atoms with van der Waals surface area (Å²) in [6, 6.07) is 8.37. The van der Waals surface area contributed by atoms with E-state index in [2.05, 4.69) is 15.1 Å². The van der Waals surface area contributed by atoms with Crippen LogP contribution in [0.5, 0.6) is 5.75 Å². The Balaban J connectivity index is 1.35. The predicted octanol–water partition coefficient (Wildman–Crippen LogP) is 1.70. The molecule has 0 aliphatic carbocycles. The lowest BCUT2D eigenvalue weighted by atomic mass is 10.2. The average Bonchev–Trinajstić information content (AvgIpc) is 3.02. The van der Waals surface area contributed by atoms with Crippen LogP contribution in [0.3, 0.4) is 0 Å². The molecule has 0 bridgehead atoms. The highest BCUT2D eigenvalue weighted by Gasteiger charge is 2.25. The summed E-state index contributed by atoms with van der Waals surface area (Å²) in [6.45, 7) is 8.72. The van der Waals surface area contributed by atoms with Gasteiger partial charge >= 0.3 is 0 Å². The smallest absolute Gasteiger partial charge is 0.120 e. The Morgan fingerprint density at radius 2 is 2.10 bits per heavy atom. The Morgan fingerprint density at radius 3 is 2.81 bits per heavy atom. The van der Waals surface area contributed by atoms with E-state index in [9.17, 15) is 0 Å². The third kappa shape index (κ3) is 4.33. The van der Waals surface area contributed by atoms with Crippen LogP contribution in [0.25, 0.3) is 0 Å². The SMILES string of the molecule is Clc1cccc(OCCN2CCN(C3CCNC3)CC2)c1. The first-order valence-corrected chi connectivity index (χ1v) is 8.24. The van der Waals surface area contributed by atoms with Gasteiger partial charge in [0.1, 0.15) is 12.4 Å². The molecule has 2 heterocycles. The molecule has 0 saturated carbocycles. The summed E-state index contributed by atoms with van der Waals surface area (Å²) in [5, 5.41) is 4.18. The molecular weight excluding hydrogens is 286 g/mol. The number of rotatable bonds is 5. The summed E-state index contributed by atoms with van der Waals surface area (Å²) >= 11 is 5.95. The maximum atomic E-state index is 5.95. The summed E-state index contributed by atoms with van der Waals surface area (Å²) in [6.07, 6.45) is 1.30. The standard InChI is InChI=1S/C16H24ClN3O/c17-14-2-1-3-16(12-14)21-11-10-19-6-8-20(9-7-19)15-4-5-18-13-15/h1-3,12,15,18H,4-11,13H2. The average molecular weight is 310 g/mol. The summed E-state index contributed by atoms with van der Waals surface area (Å²) in [5.74, 6) is 0.859. The van der Waals surface area contributed by atoms with Crippen LogP contribution in [0, 0.1) is 0 Å². The molecule has 5 heteroatoms. The molecule has 0 amide bonds. The lowest BCUT2D eigenvalue weighted by molar-refractivity contribution is 0.0921. The molecule has 2 aliphatic heterocycles. The summed E-state index contributed by atoms with van der Waals surface area (Å²) < 4.78 is 5.77. The van der Waals surface area contributed by atoms with E-state index in [1.54, 1.807) is 0 Å². The Hall–Kier alpha value is -0.810. The highest BCUT2D eigenvalue weighted by atomic mass is 35.5. The van der Waals surface area contributed by atoms with E-state index in [0.717, 1.165) is 49.6 Å². The van der Waals surface area contributed by atoms with E-state index in [4.69, 9.17) is 16.3 Å². The minimum absolute atomic E-state index is 0.728. The number of hydrogen-bond acceptors (Lipinski definition) is 4. The first kappa shape index (κ1) is 15.1. The fraction of sp³-hybridized carbons (Fsp3) is 0.625. The van der Waals surface area contributed by atoms with Crippen LogP contribution in [0.2, 0.25) is 5.02 Å². The normalized spacial score (nSPS) is 24.3. The topological polar surface area (TPSA) is 27.7 Å². The van der Waals surface area contributed by atoms with Crippen molar-refractivity contribution in [2.45, 2.75) is 12.5 Å². The molecule has 1 atom stereocenters. The highest BCUT2D eigenvalue weighted by molar-refractivity contribution is 6.30. The first-order valence-electron chi connectivity index (χ1n) is 7.87. The lowest BCUT2D eigenvalue weighted by Crippen LogP contribution is -2.51. The zero-order chi connectivity index (χ0) is 14.5. The Morgan fingerprint density at radius 1 is 1.24 bits per heavy atom. The summed E-state index contributed by atoms with van der Waals surface area (Å²) in [5.41, 5.74) is 0. The van der Waals surface area contributed by atoms with E-state index in [0.29, 0.717) is 0 Å². The number of hydrogen-bond donors (Lipinski definition) is 1. The molecule has 3 rings (SSSR count). The van der Waals surface area contributed by atoms with Crippen molar-refractivity contribution in [2.24, 2.45) is 0 Å². The van der Waals surface area contributed by atoms with E-state index in [-0.39, 0.29) is 0 Å². The van der Waals surface area contributed by atoms with Gasteiger partial charge in [0.15, 0.2) is 0 Å². The van der Waals surface area contributed by atoms with Gasteiger partial charge in [0.25, 0.3) is 0 Å². The van der Waals surface area contributed by atoms with Crippen molar-refractivity contribution in [3.05, 3.63) is 29.3 Å². The molecule has 2 fully saturated rings. The van der Waals surface area contributed by atoms with Crippen molar-refractivity contribution >= 4 is 11.6 Å². The van der Waals surface area contributed by atoms with Crippen molar-refractivity contribution in [3.63, 3.8) is 0 Å². The zero-order valence-corrected chi connectivity index (χ0v) is 13.2. The summed E-state index contributed by atoms with van der Waals surface area (Å²) in [4.78, 5) is 5.12. The van der Waals surface area contributed by atoms with Gasteiger partial charge in [0.2, 0.25) is 0 Å². The number of nitrogens with zero attached hydrogens (tertiary/aromatic N) is 2. The third-order valence-corrected chi connectivity index (χ3v) is 4.67. The first-order chi connectivity index (χ1) is 10.3. The van der Waals surface area contributed by atoms with Gasteiger partial charge in [0, 0.05) is 50.3 Å². The molecule has 0 radical (unpaired) electrons. The van der Waals surface area contributed by atoms with Gasteiger partial charge in [-0.25, -0.2) is 0 Å². The van der Waals surface area contributed by atoms with Gasteiger partial charge in [-0.2, -0.15) is 0 Å². The minimum atomic E-state index is 0.728. The monoisotopic (exact) mass is 309 g/mol. The van der Waals surface area contributed by atoms with Crippen molar-refractivity contribution in [1.29, 1.82) is 0 Å². The highest BCUT2D eigenvalue weighted by Crippen LogP contribution is 2.17. The van der Waals surface area contributed by atoms with Gasteiger partial charge in [-0.05, 0) is 31.2 Å². The van der Waals surface area contributed by atoms with Gasteiger partial charge in [-0.1, -0.05) is 17.7 Å². The number of ether oxygens (including phenoxy) is 1. The predicted molar refractivity (Wildman–Crippen MR) is 86.2 cm³/mol. The number of halogens is 1. The molecular formula is C16H24ClN3O. The van der Waals surface area contributed by atoms with Crippen molar-refractivity contribution < 1.29 is 4.74 Å². The molecule has 1 N–H and O–H groups in total. The number of benzene rings is 1. The second kappa shape index (κ2) is 7.45. The largest absolute Gasteiger partial charge is 0.492 e.